The van der Waals surface area contributed by atoms with Crippen LogP contribution in [0.4, 0.5) is 17.5 Å². The number of fused-ring (bicyclic) bond motifs is 1. The second kappa shape index (κ2) is 11.9. The first kappa shape index (κ1) is 28.1. The minimum Gasteiger partial charge on any atom is -0.480 e. The number of sulfonamides is 1. The molecule has 0 radical (unpaired) electrons. The number of aliphatic carboxylic acids is 1. The molecular weight excluding hydrogens is 554 g/mol. The molecule has 2 aliphatic rings. The number of carboxylic acid groups (broad SMARTS) is 1. The van der Waals surface area contributed by atoms with Crippen LogP contribution in [0.5, 0.6) is 0 Å². The number of carbonyl (C=O) groups is 1. The zero-order chi connectivity index (χ0) is 28.3. The zero-order valence-electron chi connectivity index (χ0n) is 22.1. The number of piperidine rings is 1. The van der Waals surface area contributed by atoms with Crippen molar-refractivity contribution in [3.63, 3.8) is 0 Å². The maximum Gasteiger partial charge on any atom is 0.323 e. The maximum absolute atomic E-state index is 12.7. The second-order valence-electron chi connectivity index (χ2n) is 10.1. The largest absolute Gasteiger partial charge is 0.480 e. The van der Waals surface area contributed by atoms with Crippen molar-refractivity contribution < 1.29 is 18.3 Å². The second-order valence-corrected chi connectivity index (χ2v) is 12.2. The molecule has 1 saturated heterocycles. The van der Waals surface area contributed by atoms with Gasteiger partial charge in [-0.15, -0.1) is 0 Å². The number of nitrogens with one attached hydrogen (secondary N) is 3. The van der Waals surface area contributed by atoms with Crippen LogP contribution in [0.2, 0.25) is 5.02 Å². The van der Waals surface area contributed by atoms with E-state index in [1.54, 1.807) is 0 Å². The first-order valence-corrected chi connectivity index (χ1v) is 15.1. The van der Waals surface area contributed by atoms with Crippen LogP contribution in [0.15, 0.2) is 47.6 Å². The highest BCUT2D eigenvalue weighted by Crippen LogP contribution is 2.33. The number of hydrogen-bond donors (Lipinski definition) is 4. The van der Waals surface area contributed by atoms with E-state index in [1.807, 2.05) is 6.92 Å². The van der Waals surface area contributed by atoms with Gasteiger partial charge in [-0.25, -0.2) is 23.4 Å². The van der Waals surface area contributed by atoms with Gasteiger partial charge in [0.05, 0.1) is 4.90 Å². The molecule has 0 spiro atoms. The molecule has 11 nitrogen and oxygen atoms in total. The van der Waals surface area contributed by atoms with Gasteiger partial charge in [0.25, 0.3) is 0 Å². The van der Waals surface area contributed by atoms with Crippen LogP contribution in [0, 0.1) is 6.92 Å². The Bertz CT molecular complexity index is 1480. The number of pyridine rings is 1. The van der Waals surface area contributed by atoms with Crippen molar-refractivity contribution in [3.05, 3.63) is 64.6 Å². The molecule has 2 aliphatic heterocycles. The number of rotatable bonds is 9. The molecule has 0 aliphatic carbocycles. The zero-order valence-corrected chi connectivity index (χ0v) is 23.7. The van der Waals surface area contributed by atoms with Crippen LogP contribution in [-0.2, 0) is 21.2 Å². The summed E-state index contributed by atoms with van der Waals surface area (Å²) in [5.41, 5.74) is 3.17. The van der Waals surface area contributed by atoms with Gasteiger partial charge in [0.2, 0.25) is 10.0 Å². The highest BCUT2D eigenvalue weighted by atomic mass is 35.5. The van der Waals surface area contributed by atoms with E-state index in [9.17, 15) is 18.3 Å². The van der Waals surface area contributed by atoms with Gasteiger partial charge >= 0.3 is 5.97 Å². The highest BCUT2D eigenvalue weighted by Gasteiger charge is 2.27. The van der Waals surface area contributed by atoms with Gasteiger partial charge < -0.3 is 20.6 Å². The molecule has 40 heavy (non-hydrogen) atoms. The fourth-order valence-electron chi connectivity index (χ4n) is 5.14. The number of halogens is 1. The van der Waals surface area contributed by atoms with E-state index in [1.165, 1.54) is 36.2 Å². The topological polar surface area (TPSA) is 149 Å². The molecule has 212 valence electrons. The highest BCUT2D eigenvalue weighted by molar-refractivity contribution is 7.89. The van der Waals surface area contributed by atoms with Gasteiger partial charge in [-0.3, -0.25) is 4.79 Å². The predicted molar refractivity (Wildman–Crippen MR) is 154 cm³/mol. The third-order valence-corrected chi connectivity index (χ3v) is 9.12. The summed E-state index contributed by atoms with van der Waals surface area (Å²) in [5, 5.41) is 16.5. The van der Waals surface area contributed by atoms with Crippen LogP contribution >= 0.6 is 11.6 Å². The van der Waals surface area contributed by atoms with E-state index in [4.69, 9.17) is 16.6 Å². The molecule has 13 heteroatoms. The van der Waals surface area contributed by atoms with Crippen LogP contribution in [0.1, 0.15) is 42.0 Å². The van der Waals surface area contributed by atoms with E-state index in [0.29, 0.717) is 16.8 Å². The standard InChI is InChI=1S/C27H32ClN7O4S/c1-17-24(30-15-23(27(36)37)34-40(38,39)21-7-5-20(28)6-8-21)31-16-32-26(17)35-13-10-18(11-14-35)22-9-4-19-3-2-12-29-25(19)33-22/h4-9,16,18,23,34H,2-3,10-15H2,1H3,(H,29,33)(H,36,37)(H,30,31,32)/t23-/m0/s1. The van der Waals surface area contributed by atoms with Crippen LogP contribution < -0.4 is 20.3 Å². The van der Waals surface area contributed by atoms with E-state index < -0.39 is 22.0 Å². The van der Waals surface area contributed by atoms with Gasteiger partial charge in [-0.1, -0.05) is 17.7 Å². The average molecular weight is 586 g/mol. The summed E-state index contributed by atoms with van der Waals surface area (Å²) >= 11 is 5.84. The van der Waals surface area contributed by atoms with Gasteiger partial charge in [-0.2, -0.15) is 4.72 Å². The van der Waals surface area contributed by atoms with Crippen molar-refractivity contribution >= 4 is 45.0 Å². The molecule has 1 aromatic carbocycles. The van der Waals surface area contributed by atoms with Gasteiger partial charge in [0.1, 0.15) is 29.8 Å². The summed E-state index contributed by atoms with van der Waals surface area (Å²) in [7, 11) is -4.07. The average Bonchev–Trinajstić information content (AvgIpc) is 2.96. The van der Waals surface area contributed by atoms with Crippen LogP contribution in [0.3, 0.4) is 0 Å². The van der Waals surface area contributed by atoms with Crippen molar-refractivity contribution in [2.75, 3.05) is 41.7 Å². The summed E-state index contributed by atoms with van der Waals surface area (Å²) in [6, 6.07) is 8.43. The molecular formula is C27H32ClN7O4S. The Morgan fingerprint density at radius 3 is 2.65 bits per heavy atom. The number of anilines is 3. The quantitative estimate of drug-likeness (QED) is 0.294. The SMILES string of the molecule is Cc1c(NC[C@H](NS(=O)(=O)c2ccc(Cl)cc2)C(=O)O)ncnc1N1CCC(c2ccc3c(n2)NCCC3)CC1. The van der Waals surface area contributed by atoms with Gasteiger partial charge in [0, 0.05) is 48.4 Å². The van der Waals surface area contributed by atoms with Crippen molar-refractivity contribution in [3.8, 4) is 0 Å². The molecule has 0 amide bonds. The first-order chi connectivity index (χ1) is 19.2. The number of aryl methyl sites for hydroxylation is 1. The lowest BCUT2D eigenvalue weighted by Gasteiger charge is -2.34. The third-order valence-electron chi connectivity index (χ3n) is 7.38. The van der Waals surface area contributed by atoms with Crippen molar-refractivity contribution in [2.45, 2.75) is 49.5 Å². The Balaban J connectivity index is 1.22. The van der Waals surface area contributed by atoms with E-state index in [-0.39, 0.29) is 11.4 Å². The Morgan fingerprint density at radius 2 is 1.93 bits per heavy atom. The molecule has 4 heterocycles. The molecule has 4 N–H and O–H groups in total. The van der Waals surface area contributed by atoms with E-state index in [2.05, 4.69) is 42.4 Å². The lowest BCUT2D eigenvalue weighted by molar-refractivity contribution is -0.138. The smallest absolute Gasteiger partial charge is 0.323 e. The lowest BCUT2D eigenvalue weighted by Crippen LogP contribution is -2.45. The number of hydrogen-bond acceptors (Lipinski definition) is 9. The number of nitrogens with zero attached hydrogens (tertiary/aromatic N) is 4. The van der Waals surface area contributed by atoms with E-state index >= 15 is 0 Å². The van der Waals surface area contributed by atoms with Crippen LogP contribution in [-0.4, -0.2) is 66.7 Å². The van der Waals surface area contributed by atoms with Crippen molar-refractivity contribution in [1.29, 1.82) is 0 Å². The number of aromatic nitrogens is 3. The maximum atomic E-state index is 12.7. The minimum atomic E-state index is -4.07. The summed E-state index contributed by atoms with van der Waals surface area (Å²) in [5.74, 6) is 1.29. The Morgan fingerprint density at radius 1 is 1.18 bits per heavy atom. The van der Waals surface area contributed by atoms with Crippen molar-refractivity contribution in [1.82, 2.24) is 19.7 Å². The normalized spacial score (nSPS) is 16.6. The number of benzene rings is 1. The summed E-state index contributed by atoms with van der Waals surface area (Å²) < 4.78 is 27.7. The summed E-state index contributed by atoms with van der Waals surface area (Å²) in [4.78, 5) is 27.7. The monoisotopic (exact) mass is 585 g/mol. The minimum absolute atomic E-state index is 0.0751. The molecule has 1 fully saturated rings. The fourth-order valence-corrected chi connectivity index (χ4v) is 6.46. The molecule has 1 atom stereocenters. The van der Waals surface area contributed by atoms with Crippen molar-refractivity contribution in [2.24, 2.45) is 0 Å². The van der Waals surface area contributed by atoms with E-state index in [0.717, 1.165) is 68.2 Å². The summed E-state index contributed by atoms with van der Waals surface area (Å²) in [6.07, 6.45) is 5.51. The molecule has 0 bridgehead atoms. The molecule has 0 saturated carbocycles. The van der Waals surface area contributed by atoms with Crippen LogP contribution in [0.25, 0.3) is 0 Å². The molecule has 0 unspecified atom stereocenters. The molecule has 5 rings (SSSR count). The lowest BCUT2D eigenvalue weighted by atomic mass is 9.92. The fraction of sp³-hybridized carbons (Fsp3) is 0.407. The predicted octanol–water partition coefficient (Wildman–Crippen LogP) is 3.42. The third kappa shape index (κ3) is 6.29. The number of carboxylic acids is 1. The Labute approximate surface area is 238 Å². The summed E-state index contributed by atoms with van der Waals surface area (Å²) in [6.45, 7) is 4.22. The molecule has 2 aromatic heterocycles. The van der Waals surface area contributed by atoms with Gasteiger partial charge in [-0.05, 0) is 68.5 Å². The Hall–Kier alpha value is -3.48. The van der Waals surface area contributed by atoms with Gasteiger partial charge in [0.15, 0.2) is 0 Å². The molecule has 3 aromatic rings. The first-order valence-electron chi connectivity index (χ1n) is 13.3. The Kier molecular flexibility index (Phi) is 8.38.